The topological polar surface area (TPSA) is 95.8 Å². The van der Waals surface area contributed by atoms with Crippen LogP contribution >= 0.6 is 11.6 Å². The van der Waals surface area contributed by atoms with Gasteiger partial charge in [0.25, 0.3) is 0 Å². The monoisotopic (exact) mass is 480 g/mol. The number of hydrogen-bond acceptors (Lipinski definition) is 6. The van der Waals surface area contributed by atoms with Crippen LogP contribution in [-0.2, 0) is 21.0 Å². The lowest BCUT2D eigenvalue weighted by Crippen LogP contribution is -2.53. The SMILES string of the molecule is Cc1cc(NC(=O)C(C)N2CCN(S(=O)(=O)c3ccc(Cl)c(C(F)(F)F)c3)CC2)on1. The number of nitrogens with zero attached hydrogens (tertiary/aromatic N) is 3. The molecule has 13 heteroatoms. The van der Waals surface area contributed by atoms with Crippen molar-refractivity contribution in [2.75, 3.05) is 31.5 Å². The quantitative estimate of drug-likeness (QED) is 0.707. The summed E-state index contributed by atoms with van der Waals surface area (Å²) >= 11 is 5.58. The highest BCUT2D eigenvalue weighted by Gasteiger charge is 2.37. The molecule has 1 aromatic heterocycles. The summed E-state index contributed by atoms with van der Waals surface area (Å²) in [5.74, 6) is -0.140. The number of alkyl halides is 3. The van der Waals surface area contributed by atoms with Crippen LogP contribution in [0.25, 0.3) is 0 Å². The molecule has 0 bridgehead atoms. The zero-order chi connectivity index (χ0) is 23.0. The Hall–Kier alpha value is -2.15. The smallest absolute Gasteiger partial charge is 0.338 e. The summed E-state index contributed by atoms with van der Waals surface area (Å²) in [6.45, 7) is 3.86. The van der Waals surface area contributed by atoms with Gasteiger partial charge in [-0.05, 0) is 32.0 Å². The molecular formula is C18H20ClF3N4O4S. The van der Waals surface area contributed by atoms with E-state index < -0.39 is 37.7 Å². The number of carbonyl (C=O) groups is 1. The van der Waals surface area contributed by atoms with Crippen molar-refractivity contribution in [1.29, 1.82) is 0 Å². The molecule has 0 spiro atoms. The molecule has 1 N–H and O–H groups in total. The highest BCUT2D eigenvalue weighted by Crippen LogP contribution is 2.36. The van der Waals surface area contributed by atoms with Crippen LogP contribution in [0, 0.1) is 6.92 Å². The predicted octanol–water partition coefficient (Wildman–Crippen LogP) is 2.99. The van der Waals surface area contributed by atoms with Crippen molar-refractivity contribution in [3.63, 3.8) is 0 Å². The van der Waals surface area contributed by atoms with Crippen LogP contribution in [0.4, 0.5) is 19.1 Å². The van der Waals surface area contributed by atoms with E-state index in [-0.39, 0.29) is 38.0 Å². The minimum Gasteiger partial charge on any atom is -0.338 e. The van der Waals surface area contributed by atoms with Crippen LogP contribution < -0.4 is 5.32 Å². The predicted molar refractivity (Wildman–Crippen MR) is 106 cm³/mol. The van der Waals surface area contributed by atoms with Gasteiger partial charge in [0.15, 0.2) is 0 Å². The number of anilines is 1. The van der Waals surface area contributed by atoms with Gasteiger partial charge >= 0.3 is 6.18 Å². The van der Waals surface area contributed by atoms with Crippen LogP contribution in [0.3, 0.4) is 0 Å². The molecule has 0 saturated carbocycles. The summed E-state index contributed by atoms with van der Waals surface area (Å²) in [5, 5.41) is 5.70. The fourth-order valence-corrected chi connectivity index (χ4v) is 4.85. The van der Waals surface area contributed by atoms with Gasteiger partial charge in [0.05, 0.1) is 27.2 Å². The molecule has 2 aromatic rings. The van der Waals surface area contributed by atoms with E-state index in [9.17, 15) is 26.4 Å². The number of aryl methyl sites for hydroxylation is 1. The molecule has 1 fully saturated rings. The summed E-state index contributed by atoms with van der Waals surface area (Å²) in [6, 6.07) is 3.50. The number of piperazine rings is 1. The molecular weight excluding hydrogens is 461 g/mol. The maximum Gasteiger partial charge on any atom is 0.417 e. The van der Waals surface area contributed by atoms with E-state index in [1.54, 1.807) is 24.8 Å². The summed E-state index contributed by atoms with van der Waals surface area (Å²) in [6.07, 6.45) is -4.77. The fourth-order valence-electron chi connectivity index (χ4n) is 3.18. The normalized spacial score (nSPS) is 17.5. The third-order valence-corrected chi connectivity index (χ3v) is 7.18. The lowest BCUT2D eigenvalue weighted by Gasteiger charge is -2.36. The first-order valence-corrected chi connectivity index (χ1v) is 11.1. The molecule has 31 heavy (non-hydrogen) atoms. The zero-order valence-electron chi connectivity index (χ0n) is 16.6. The Morgan fingerprint density at radius 3 is 2.42 bits per heavy atom. The highest BCUT2D eigenvalue weighted by atomic mass is 35.5. The number of rotatable bonds is 5. The highest BCUT2D eigenvalue weighted by molar-refractivity contribution is 7.89. The van der Waals surface area contributed by atoms with Crippen molar-refractivity contribution in [2.45, 2.75) is 31.0 Å². The molecule has 1 amide bonds. The van der Waals surface area contributed by atoms with Crippen molar-refractivity contribution in [3.05, 3.63) is 40.5 Å². The number of benzene rings is 1. The van der Waals surface area contributed by atoms with E-state index in [0.29, 0.717) is 11.8 Å². The standard InChI is InChI=1S/C18H20ClF3N4O4S/c1-11-9-16(30-24-11)23-17(27)12(2)25-5-7-26(8-6-25)31(28,29)13-3-4-15(19)14(10-13)18(20,21)22/h3-4,9-10,12H,5-8H2,1-2H3,(H,23,27). The second-order valence-electron chi connectivity index (χ2n) is 7.08. The molecule has 8 nitrogen and oxygen atoms in total. The van der Waals surface area contributed by atoms with Gasteiger partial charge in [0, 0.05) is 32.2 Å². The zero-order valence-corrected chi connectivity index (χ0v) is 18.2. The van der Waals surface area contributed by atoms with Crippen LogP contribution in [0.5, 0.6) is 0 Å². The largest absolute Gasteiger partial charge is 0.417 e. The first-order valence-electron chi connectivity index (χ1n) is 9.24. The maximum absolute atomic E-state index is 13.1. The molecule has 1 aliphatic rings. The molecule has 1 atom stereocenters. The van der Waals surface area contributed by atoms with Crippen molar-refractivity contribution >= 4 is 33.4 Å². The van der Waals surface area contributed by atoms with Gasteiger partial charge in [-0.2, -0.15) is 17.5 Å². The van der Waals surface area contributed by atoms with Crippen LogP contribution in [0.15, 0.2) is 33.7 Å². The van der Waals surface area contributed by atoms with Gasteiger partial charge in [-0.15, -0.1) is 0 Å². The van der Waals surface area contributed by atoms with E-state index in [4.69, 9.17) is 16.1 Å². The molecule has 1 saturated heterocycles. The average molecular weight is 481 g/mol. The van der Waals surface area contributed by atoms with Crippen molar-refractivity contribution in [1.82, 2.24) is 14.4 Å². The number of nitrogens with one attached hydrogen (secondary N) is 1. The molecule has 2 heterocycles. The first-order chi connectivity index (χ1) is 14.4. The molecule has 1 aromatic carbocycles. The van der Waals surface area contributed by atoms with Gasteiger partial charge in [-0.1, -0.05) is 16.8 Å². The van der Waals surface area contributed by atoms with Gasteiger partial charge < -0.3 is 4.52 Å². The minimum atomic E-state index is -4.77. The van der Waals surface area contributed by atoms with Crippen LogP contribution in [-0.4, -0.2) is 60.9 Å². The second kappa shape index (κ2) is 8.77. The number of hydrogen-bond donors (Lipinski definition) is 1. The second-order valence-corrected chi connectivity index (χ2v) is 9.42. The Kier molecular flexibility index (Phi) is 6.65. The summed E-state index contributed by atoms with van der Waals surface area (Å²) < 4.78 is 71.0. The Bertz CT molecular complexity index is 1070. The number of amides is 1. The fraction of sp³-hybridized carbons (Fsp3) is 0.444. The van der Waals surface area contributed by atoms with Gasteiger partial charge in [0.2, 0.25) is 21.8 Å². The number of halogens is 4. The minimum absolute atomic E-state index is 0.0192. The Morgan fingerprint density at radius 2 is 1.87 bits per heavy atom. The molecule has 1 unspecified atom stereocenters. The van der Waals surface area contributed by atoms with Crippen molar-refractivity contribution < 1.29 is 30.9 Å². The number of aromatic nitrogens is 1. The van der Waals surface area contributed by atoms with Crippen molar-refractivity contribution in [3.8, 4) is 0 Å². The summed E-state index contributed by atoms with van der Waals surface area (Å²) in [5.41, 5.74) is -0.598. The van der Waals surface area contributed by atoms with Gasteiger partial charge in [-0.3, -0.25) is 15.0 Å². The summed E-state index contributed by atoms with van der Waals surface area (Å²) in [4.78, 5) is 13.7. The summed E-state index contributed by atoms with van der Waals surface area (Å²) in [7, 11) is -4.15. The third kappa shape index (κ3) is 5.20. The van der Waals surface area contributed by atoms with E-state index in [2.05, 4.69) is 10.5 Å². The van der Waals surface area contributed by atoms with E-state index in [0.717, 1.165) is 16.4 Å². The Balaban J connectivity index is 1.66. The Morgan fingerprint density at radius 1 is 1.23 bits per heavy atom. The lowest BCUT2D eigenvalue weighted by molar-refractivity contribution is -0.137. The molecule has 3 rings (SSSR count). The van der Waals surface area contributed by atoms with Gasteiger partial charge in [-0.25, -0.2) is 8.42 Å². The molecule has 0 radical (unpaired) electrons. The van der Waals surface area contributed by atoms with E-state index >= 15 is 0 Å². The molecule has 0 aliphatic carbocycles. The number of carbonyl (C=O) groups excluding carboxylic acids is 1. The third-order valence-electron chi connectivity index (χ3n) is 4.96. The average Bonchev–Trinajstić information content (AvgIpc) is 3.11. The lowest BCUT2D eigenvalue weighted by atomic mass is 10.2. The van der Waals surface area contributed by atoms with Crippen LogP contribution in [0.1, 0.15) is 18.2 Å². The van der Waals surface area contributed by atoms with Gasteiger partial charge in [0.1, 0.15) is 0 Å². The molecule has 170 valence electrons. The first kappa shape index (κ1) is 23.5. The van der Waals surface area contributed by atoms with E-state index in [1.807, 2.05) is 0 Å². The molecule has 1 aliphatic heterocycles. The van der Waals surface area contributed by atoms with Crippen molar-refractivity contribution in [2.24, 2.45) is 0 Å². The van der Waals surface area contributed by atoms with E-state index in [1.165, 1.54) is 0 Å². The maximum atomic E-state index is 13.1. The Labute approximate surface area is 182 Å². The van der Waals surface area contributed by atoms with Crippen LogP contribution in [0.2, 0.25) is 5.02 Å². The number of sulfonamides is 1.